The number of nitrogens with one attached hydrogen (secondary N) is 4. The van der Waals surface area contributed by atoms with Crippen molar-refractivity contribution in [2.75, 3.05) is 75.2 Å². The first-order valence-electron chi connectivity index (χ1n) is 22.2. The van der Waals surface area contributed by atoms with Gasteiger partial charge in [0.2, 0.25) is 11.8 Å². The topological polar surface area (TPSA) is 220 Å². The number of imide groups is 1. The van der Waals surface area contributed by atoms with Crippen LogP contribution in [0.5, 0.6) is 0 Å². The van der Waals surface area contributed by atoms with Crippen molar-refractivity contribution in [1.82, 2.24) is 39.8 Å². The molecule has 19 nitrogen and oxygen atoms in total. The van der Waals surface area contributed by atoms with Crippen molar-refractivity contribution < 1.29 is 46.6 Å². The molecule has 356 valence electrons. The Morgan fingerprint density at radius 3 is 2.49 bits per heavy atom. The van der Waals surface area contributed by atoms with Crippen molar-refractivity contribution in [3.05, 3.63) is 102 Å². The van der Waals surface area contributed by atoms with Gasteiger partial charge in [-0.25, -0.2) is 28.2 Å². The Balaban J connectivity index is 0.763. The van der Waals surface area contributed by atoms with E-state index >= 15 is 0 Å². The molecule has 68 heavy (non-hydrogen) atoms. The summed E-state index contributed by atoms with van der Waals surface area (Å²) in [6.07, 6.45) is 5.43. The average molecular weight is 936 g/mol. The molecule has 6 amide bonds. The van der Waals surface area contributed by atoms with Crippen LogP contribution >= 0.6 is 0 Å². The third-order valence-corrected chi connectivity index (χ3v) is 11.4. The number of benzene rings is 2. The number of amides is 6. The standard InChI is InChI=1S/C47H51F2N11O8/c1-28(2)58-15-11-34-37(58)22-32(23-38(34)59-16-12-40(61)55-47(59)65)43(62)51-14-18-66-20-21-67-19-17-57(3)46(64)30-6-8-33(9-7-30)60-26-35(41(56-60)42(48)49)53-44(63)36-27-68-45(54-36)31-10-13-50-39(24-31)52-25-29-4-5-29/h6-11,13,15,22-24,26-29,42H,4-5,12,14,16-21,25H2,1-3H3,(H,50,52)(H,51,62)(H,53,63)(H,55,61,65). The molecule has 1 aliphatic heterocycles. The summed E-state index contributed by atoms with van der Waals surface area (Å²) in [5, 5.41) is 15.7. The van der Waals surface area contributed by atoms with Crippen molar-refractivity contribution in [1.29, 1.82) is 0 Å². The van der Waals surface area contributed by atoms with Crippen LogP contribution in [0.4, 0.5) is 30.8 Å². The van der Waals surface area contributed by atoms with E-state index in [1.165, 1.54) is 33.5 Å². The molecule has 2 fully saturated rings. The number of likely N-dealkylation sites (N-methyl/N-ethyl adjacent to an activating group) is 1. The number of halogens is 2. The Hall–Kier alpha value is -7.52. The zero-order valence-corrected chi connectivity index (χ0v) is 37.7. The number of hydrogen-bond donors (Lipinski definition) is 4. The maximum absolute atomic E-state index is 14.1. The van der Waals surface area contributed by atoms with Gasteiger partial charge in [-0.05, 0) is 87.2 Å². The SMILES string of the molecule is CC(C)n1ccc2c(N3CCC(=O)NC3=O)cc(C(=O)NCCOCCOCCN(C)C(=O)c3ccc(-n4cc(NC(=O)c5coc(-c6ccnc(NCC7CC7)c6)n5)c(C(F)F)n4)cc3)cc21. The first-order chi connectivity index (χ1) is 32.8. The molecule has 2 aliphatic rings. The van der Waals surface area contributed by atoms with Gasteiger partial charge in [0.15, 0.2) is 11.4 Å². The molecule has 5 heterocycles. The first kappa shape index (κ1) is 47.0. The Morgan fingerprint density at radius 1 is 0.971 bits per heavy atom. The highest BCUT2D eigenvalue weighted by molar-refractivity contribution is 6.11. The highest BCUT2D eigenvalue weighted by Gasteiger charge is 2.28. The predicted molar refractivity (Wildman–Crippen MR) is 246 cm³/mol. The van der Waals surface area contributed by atoms with Gasteiger partial charge in [-0.1, -0.05) is 0 Å². The Morgan fingerprint density at radius 2 is 1.75 bits per heavy atom. The van der Waals surface area contributed by atoms with E-state index < -0.39 is 24.1 Å². The lowest BCUT2D eigenvalue weighted by Gasteiger charge is -2.27. The number of nitrogens with zero attached hydrogens (tertiary/aromatic N) is 7. The number of carbonyl (C=O) groups excluding carboxylic acids is 5. The normalized spacial score (nSPS) is 13.9. The molecule has 0 unspecified atom stereocenters. The minimum absolute atomic E-state index is 0.101. The summed E-state index contributed by atoms with van der Waals surface area (Å²) in [5.41, 5.74) is 2.02. The van der Waals surface area contributed by atoms with Gasteiger partial charge in [-0.3, -0.25) is 29.4 Å². The Kier molecular flexibility index (Phi) is 14.5. The number of carbonyl (C=O) groups is 5. The molecule has 1 saturated heterocycles. The molecule has 6 aromatic rings. The lowest BCUT2D eigenvalue weighted by atomic mass is 10.1. The number of ether oxygens (including phenoxy) is 2. The summed E-state index contributed by atoms with van der Waals surface area (Å²) in [7, 11) is 1.62. The van der Waals surface area contributed by atoms with Crippen LogP contribution < -0.4 is 26.2 Å². The number of oxazole rings is 1. The number of aromatic nitrogens is 5. The first-order valence-corrected chi connectivity index (χ1v) is 22.2. The highest BCUT2D eigenvalue weighted by Crippen LogP contribution is 2.33. The minimum atomic E-state index is -3.01. The van der Waals surface area contributed by atoms with Crippen LogP contribution in [-0.2, 0) is 14.3 Å². The fourth-order valence-electron chi connectivity index (χ4n) is 7.49. The van der Waals surface area contributed by atoms with Crippen LogP contribution in [-0.4, -0.2) is 119 Å². The third kappa shape index (κ3) is 11.2. The Labute approximate surface area is 389 Å². The van der Waals surface area contributed by atoms with Gasteiger partial charge in [0.1, 0.15) is 12.1 Å². The zero-order chi connectivity index (χ0) is 47.9. The molecule has 0 bridgehead atoms. The van der Waals surface area contributed by atoms with E-state index in [1.54, 1.807) is 61.8 Å². The summed E-state index contributed by atoms with van der Waals surface area (Å²) < 4.78 is 48.2. The summed E-state index contributed by atoms with van der Waals surface area (Å²) in [6.45, 7) is 6.47. The van der Waals surface area contributed by atoms with E-state index in [4.69, 9.17) is 13.9 Å². The number of alkyl halides is 2. The minimum Gasteiger partial charge on any atom is -0.444 e. The van der Waals surface area contributed by atoms with Gasteiger partial charge in [0.05, 0.1) is 55.2 Å². The molecule has 4 N–H and O–H groups in total. The van der Waals surface area contributed by atoms with Crippen LogP contribution in [0.25, 0.3) is 28.0 Å². The van der Waals surface area contributed by atoms with Crippen LogP contribution in [0.2, 0.25) is 0 Å². The van der Waals surface area contributed by atoms with Gasteiger partial charge >= 0.3 is 6.03 Å². The van der Waals surface area contributed by atoms with Gasteiger partial charge < -0.3 is 39.3 Å². The second-order valence-corrected chi connectivity index (χ2v) is 16.7. The lowest BCUT2D eigenvalue weighted by molar-refractivity contribution is -0.120. The number of urea groups is 1. The second-order valence-electron chi connectivity index (χ2n) is 16.7. The van der Waals surface area contributed by atoms with Crippen molar-refractivity contribution in [2.45, 2.75) is 45.6 Å². The molecule has 21 heteroatoms. The van der Waals surface area contributed by atoms with Crippen LogP contribution in [0.15, 0.2) is 83.9 Å². The molecule has 0 radical (unpaired) electrons. The van der Waals surface area contributed by atoms with E-state index in [1.807, 2.05) is 30.7 Å². The van der Waals surface area contributed by atoms with E-state index in [-0.39, 0.29) is 93.5 Å². The summed E-state index contributed by atoms with van der Waals surface area (Å²) in [6, 6.07) is 14.5. The summed E-state index contributed by atoms with van der Waals surface area (Å²) in [4.78, 5) is 75.6. The van der Waals surface area contributed by atoms with Crippen molar-refractivity contribution in [3.8, 4) is 17.1 Å². The molecule has 4 aromatic heterocycles. The molecular weight excluding hydrogens is 885 g/mol. The maximum atomic E-state index is 14.1. The van der Waals surface area contributed by atoms with Gasteiger partial charge in [-0.2, -0.15) is 5.10 Å². The number of hydrogen-bond acceptors (Lipinski definition) is 12. The van der Waals surface area contributed by atoms with Crippen LogP contribution in [0.3, 0.4) is 0 Å². The Bertz CT molecular complexity index is 2800. The molecule has 1 saturated carbocycles. The van der Waals surface area contributed by atoms with Gasteiger partial charge in [-0.15, -0.1) is 0 Å². The van der Waals surface area contributed by atoms with Crippen molar-refractivity contribution >= 4 is 57.8 Å². The second kappa shape index (κ2) is 21.0. The molecule has 2 aromatic carbocycles. The number of anilines is 3. The quantitative estimate of drug-likeness (QED) is 0.0573. The largest absolute Gasteiger partial charge is 0.444 e. The smallest absolute Gasteiger partial charge is 0.328 e. The summed E-state index contributed by atoms with van der Waals surface area (Å²) >= 11 is 0. The highest BCUT2D eigenvalue weighted by atomic mass is 19.3. The van der Waals surface area contributed by atoms with E-state index in [0.717, 1.165) is 23.7 Å². The number of rotatable bonds is 21. The molecule has 1 aliphatic carbocycles. The van der Waals surface area contributed by atoms with Gasteiger partial charge in [0.25, 0.3) is 24.1 Å². The monoisotopic (exact) mass is 935 g/mol. The van der Waals surface area contributed by atoms with E-state index in [0.29, 0.717) is 39.8 Å². The van der Waals surface area contributed by atoms with Crippen molar-refractivity contribution in [2.24, 2.45) is 5.92 Å². The fraction of sp³-hybridized carbons (Fsp3) is 0.362. The lowest BCUT2D eigenvalue weighted by Crippen LogP contribution is -2.49. The number of fused-ring (bicyclic) bond motifs is 1. The van der Waals surface area contributed by atoms with E-state index in [2.05, 4.69) is 36.3 Å². The predicted octanol–water partition coefficient (Wildman–Crippen LogP) is 6.45. The van der Waals surface area contributed by atoms with Gasteiger partial charge in [0, 0.05) is 80.2 Å². The summed E-state index contributed by atoms with van der Waals surface area (Å²) in [5.74, 6) is -0.293. The third-order valence-electron chi connectivity index (χ3n) is 11.4. The van der Waals surface area contributed by atoms with Crippen LogP contribution in [0.1, 0.15) is 82.5 Å². The average Bonchev–Trinajstić information content (AvgIpc) is 3.63. The number of pyridine rings is 1. The molecule has 8 rings (SSSR count). The van der Waals surface area contributed by atoms with Crippen molar-refractivity contribution in [3.63, 3.8) is 0 Å². The molecular formula is C47H51F2N11O8. The van der Waals surface area contributed by atoms with Crippen LogP contribution in [0, 0.1) is 5.92 Å². The fourth-order valence-corrected chi connectivity index (χ4v) is 7.49. The molecule has 0 spiro atoms. The van der Waals surface area contributed by atoms with E-state index in [9.17, 15) is 32.8 Å². The maximum Gasteiger partial charge on any atom is 0.328 e. The zero-order valence-electron chi connectivity index (χ0n) is 37.7. The molecule has 0 atom stereocenters.